The Labute approximate surface area is 219 Å². The van der Waals surface area contributed by atoms with E-state index in [0.717, 1.165) is 20.9 Å². The number of nitrogens with zero attached hydrogens (tertiary/aromatic N) is 4. The Bertz CT molecular complexity index is 1500. The van der Waals surface area contributed by atoms with Gasteiger partial charge in [0.05, 0.1) is 15.1 Å². The molecular formula is C27H27FN4O3S2. The van der Waals surface area contributed by atoms with Gasteiger partial charge in [0, 0.05) is 44.8 Å². The highest BCUT2D eigenvalue weighted by Gasteiger charge is 2.26. The van der Waals surface area contributed by atoms with Gasteiger partial charge < -0.3 is 9.80 Å². The quantitative estimate of drug-likeness (QED) is 0.344. The number of anilines is 1. The smallest absolute Gasteiger partial charge is 0.253 e. The first-order valence-electron chi connectivity index (χ1n) is 12.1. The Morgan fingerprint density at radius 3 is 2.38 bits per heavy atom. The lowest BCUT2D eigenvalue weighted by Gasteiger charge is -2.34. The minimum absolute atomic E-state index is 0.133. The summed E-state index contributed by atoms with van der Waals surface area (Å²) in [5.74, 6) is -0.415. The summed E-state index contributed by atoms with van der Waals surface area (Å²) in [5, 5.41) is 0.818. The average molecular weight is 539 g/mol. The van der Waals surface area contributed by atoms with Crippen LogP contribution in [0.5, 0.6) is 0 Å². The van der Waals surface area contributed by atoms with Crippen molar-refractivity contribution in [1.82, 2.24) is 14.2 Å². The predicted octanol–water partition coefficient (Wildman–Crippen LogP) is 4.61. The molecule has 7 nitrogen and oxygen atoms in total. The number of rotatable bonds is 7. The van der Waals surface area contributed by atoms with Crippen molar-refractivity contribution in [2.45, 2.75) is 18.4 Å². The molecule has 1 amide bonds. The van der Waals surface area contributed by atoms with E-state index in [4.69, 9.17) is 0 Å². The van der Waals surface area contributed by atoms with Gasteiger partial charge >= 0.3 is 0 Å². The molecule has 1 aliphatic heterocycles. The lowest BCUT2D eigenvalue weighted by Crippen LogP contribution is -2.48. The summed E-state index contributed by atoms with van der Waals surface area (Å²) in [6, 6.07) is 20.2. The zero-order chi connectivity index (χ0) is 26.0. The summed E-state index contributed by atoms with van der Waals surface area (Å²) in [6.07, 6.45) is 0. The SMILES string of the molecule is CCN(Cc1ccccc1)S(=O)(=O)c1ccc(C(=O)N2CCN(c3nc4ccc(F)cc4s3)CC2)cc1. The molecule has 5 rings (SSSR count). The Morgan fingerprint density at radius 1 is 1.00 bits per heavy atom. The molecular weight excluding hydrogens is 511 g/mol. The standard InChI is InChI=1S/C27H27FN4O3S2/c1-2-32(19-20-6-4-3-5-7-20)37(34,35)23-11-8-21(9-12-23)26(33)30-14-16-31(17-15-30)27-29-24-13-10-22(28)18-25(24)36-27/h3-13,18H,2,14-17,19H2,1H3. The van der Waals surface area contributed by atoms with Crippen LogP contribution in [0.3, 0.4) is 0 Å². The largest absolute Gasteiger partial charge is 0.345 e. The summed E-state index contributed by atoms with van der Waals surface area (Å²) in [6.45, 7) is 4.70. The lowest BCUT2D eigenvalue weighted by atomic mass is 10.2. The molecule has 2 heterocycles. The number of carbonyl (C=O) groups excluding carboxylic acids is 1. The third-order valence-corrected chi connectivity index (χ3v) is 9.48. The van der Waals surface area contributed by atoms with E-state index < -0.39 is 10.0 Å². The summed E-state index contributed by atoms with van der Waals surface area (Å²) in [5.41, 5.74) is 2.13. The van der Waals surface area contributed by atoms with Crippen molar-refractivity contribution >= 4 is 42.6 Å². The van der Waals surface area contributed by atoms with Crippen LogP contribution in [0.25, 0.3) is 10.2 Å². The van der Waals surface area contributed by atoms with Gasteiger partial charge in [0.1, 0.15) is 5.82 Å². The maximum atomic E-state index is 13.5. The molecule has 0 aliphatic carbocycles. The molecule has 192 valence electrons. The Hall–Kier alpha value is -3.34. The van der Waals surface area contributed by atoms with Gasteiger partial charge in [-0.05, 0) is 48.0 Å². The molecule has 0 atom stereocenters. The monoisotopic (exact) mass is 538 g/mol. The van der Waals surface area contributed by atoms with Crippen molar-refractivity contribution < 1.29 is 17.6 Å². The molecule has 0 unspecified atom stereocenters. The van der Waals surface area contributed by atoms with Crippen LogP contribution in [0.2, 0.25) is 0 Å². The van der Waals surface area contributed by atoms with Crippen LogP contribution in [-0.4, -0.2) is 61.2 Å². The van der Waals surface area contributed by atoms with Crippen LogP contribution in [0.15, 0.2) is 77.7 Å². The molecule has 0 radical (unpaired) electrons. The normalized spacial score (nSPS) is 14.5. The second kappa shape index (κ2) is 10.6. The van der Waals surface area contributed by atoms with E-state index in [1.54, 1.807) is 23.1 Å². The summed E-state index contributed by atoms with van der Waals surface area (Å²) in [7, 11) is -3.70. The Balaban J connectivity index is 1.23. The maximum Gasteiger partial charge on any atom is 0.253 e. The third-order valence-electron chi connectivity index (χ3n) is 6.47. The molecule has 4 aromatic rings. The first-order chi connectivity index (χ1) is 17.8. The average Bonchev–Trinajstić information content (AvgIpc) is 3.35. The van der Waals surface area contributed by atoms with E-state index in [0.29, 0.717) is 38.3 Å². The van der Waals surface area contributed by atoms with Gasteiger partial charge in [-0.2, -0.15) is 4.31 Å². The van der Waals surface area contributed by atoms with Crippen molar-refractivity contribution in [2.24, 2.45) is 0 Å². The van der Waals surface area contributed by atoms with Crippen LogP contribution in [0.4, 0.5) is 9.52 Å². The van der Waals surface area contributed by atoms with E-state index in [-0.39, 0.29) is 23.2 Å². The third kappa shape index (κ3) is 5.36. The van der Waals surface area contributed by atoms with Crippen LogP contribution in [0, 0.1) is 5.82 Å². The molecule has 0 saturated carbocycles. The second-order valence-corrected chi connectivity index (χ2v) is 11.8. The van der Waals surface area contributed by atoms with Gasteiger partial charge in [-0.3, -0.25) is 4.79 Å². The highest BCUT2D eigenvalue weighted by Crippen LogP contribution is 2.30. The van der Waals surface area contributed by atoms with Crippen molar-refractivity contribution in [3.8, 4) is 0 Å². The van der Waals surface area contributed by atoms with E-state index in [9.17, 15) is 17.6 Å². The van der Waals surface area contributed by atoms with Gasteiger partial charge in [-0.1, -0.05) is 48.6 Å². The van der Waals surface area contributed by atoms with Crippen LogP contribution >= 0.6 is 11.3 Å². The maximum absolute atomic E-state index is 13.5. The minimum atomic E-state index is -3.70. The lowest BCUT2D eigenvalue weighted by molar-refractivity contribution is 0.0746. The van der Waals surface area contributed by atoms with Crippen LogP contribution in [-0.2, 0) is 16.6 Å². The molecule has 1 fully saturated rings. The first-order valence-corrected chi connectivity index (χ1v) is 14.4. The number of sulfonamides is 1. The number of hydrogen-bond acceptors (Lipinski definition) is 6. The number of piperazine rings is 1. The fraction of sp³-hybridized carbons (Fsp3) is 0.259. The van der Waals surface area contributed by atoms with Gasteiger partial charge in [-0.15, -0.1) is 0 Å². The number of aromatic nitrogens is 1. The van der Waals surface area contributed by atoms with Crippen molar-refractivity contribution in [3.63, 3.8) is 0 Å². The van der Waals surface area contributed by atoms with Gasteiger partial charge in [0.15, 0.2) is 5.13 Å². The molecule has 1 aromatic heterocycles. The predicted molar refractivity (Wildman–Crippen MR) is 144 cm³/mol. The van der Waals surface area contributed by atoms with E-state index in [1.807, 2.05) is 37.3 Å². The van der Waals surface area contributed by atoms with Crippen LogP contribution in [0.1, 0.15) is 22.8 Å². The Morgan fingerprint density at radius 2 is 1.70 bits per heavy atom. The number of hydrogen-bond donors (Lipinski definition) is 0. The van der Waals surface area contributed by atoms with E-state index in [1.165, 1.54) is 39.9 Å². The summed E-state index contributed by atoms with van der Waals surface area (Å²) >= 11 is 1.44. The minimum Gasteiger partial charge on any atom is -0.345 e. The highest BCUT2D eigenvalue weighted by molar-refractivity contribution is 7.89. The molecule has 1 saturated heterocycles. The number of carbonyl (C=O) groups is 1. The number of amides is 1. The first kappa shape index (κ1) is 25.3. The molecule has 3 aromatic carbocycles. The van der Waals surface area contributed by atoms with Crippen molar-refractivity contribution in [2.75, 3.05) is 37.6 Å². The second-order valence-electron chi connectivity index (χ2n) is 8.83. The number of fused-ring (bicyclic) bond motifs is 1. The van der Waals surface area contributed by atoms with Gasteiger partial charge in [-0.25, -0.2) is 17.8 Å². The molecule has 1 aliphatic rings. The molecule has 0 N–H and O–H groups in total. The van der Waals surface area contributed by atoms with E-state index >= 15 is 0 Å². The van der Waals surface area contributed by atoms with Crippen molar-refractivity contribution in [1.29, 1.82) is 0 Å². The van der Waals surface area contributed by atoms with Gasteiger partial charge in [0.2, 0.25) is 10.0 Å². The molecule has 0 spiro atoms. The summed E-state index contributed by atoms with van der Waals surface area (Å²) in [4.78, 5) is 21.7. The zero-order valence-corrected chi connectivity index (χ0v) is 22.0. The van der Waals surface area contributed by atoms with E-state index in [2.05, 4.69) is 9.88 Å². The van der Waals surface area contributed by atoms with Crippen molar-refractivity contribution in [3.05, 3.63) is 89.7 Å². The topological polar surface area (TPSA) is 73.8 Å². The number of halogens is 1. The number of thiazole rings is 1. The summed E-state index contributed by atoms with van der Waals surface area (Å²) < 4.78 is 42.1. The molecule has 0 bridgehead atoms. The molecule has 10 heteroatoms. The highest BCUT2D eigenvalue weighted by atomic mass is 32.2. The fourth-order valence-corrected chi connectivity index (χ4v) is 6.86. The molecule has 37 heavy (non-hydrogen) atoms. The Kier molecular flexibility index (Phi) is 7.23. The van der Waals surface area contributed by atoms with Gasteiger partial charge in [0.25, 0.3) is 5.91 Å². The number of benzene rings is 3. The van der Waals surface area contributed by atoms with Crippen LogP contribution < -0.4 is 4.90 Å². The zero-order valence-electron chi connectivity index (χ0n) is 20.4. The fourth-order valence-electron chi connectivity index (χ4n) is 4.38.